The van der Waals surface area contributed by atoms with Gasteiger partial charge in [-0.2, -0.15) is 0 Å². The number of nitrogens with zero attached hydrogens (tertiary/aromatic N) is 1. The summed E-state index contributed by atoms with van der Waals surface area (Å²) < 4.78 is 5.38. The van der Waals surface area contributed by atoms with Crippen LogP contribution in [0.3, 0.4) is 0 Å². The van der Waals surface area contributed by atoms with Crippen LogP contribution in [-0.4, -0.2) is 43.0 Å². The molecule has 0 radical (unpaired) electrons. The minimum Gasteiger partial charge on any atom is -0.378 e. The summed E-state index contributed by atoms with van der Waals surface area (Å²) in [6.45, 7) is 2.60. The number of hydrogen-bond donors (Lipinski definition) is 0. The summed E-state index contributed by atoms with van der Waals surface area (Å²) in [6.07, 6.45) is 2.90. The number of aldehydes is 1. The molecule has 0 aromatic carbocycles. The van der Waals surface area contributed by atoms with Gasteiger partial charge < -0.3 is 4.74 Å². The first-order chi connectivity index (χ1) is 6.42. The van der Waals surface area contributed by atoms with Gasteiger partial charge in [0.05, 0.1) is 19.3 Å². The minimum absolute atomic E-state index is 0.291. The second-order valence-electron chi connectivity index (χ2n) is 3.47. The Morgan fingerprint density at radius 1 is 1.46 bits per heavy atom. The van der Waals surface area contributed by atoms with Crippen molar-refractivity contribution in [3.05, 3.63) is 0 Å². The normalized spacial score (nSPS) is 33.2. The lowest BCUT2D eigenvalue weighted by Crippen LogP contribution is -2.44. The molecule has 13 heavy (non-hydrogen) atoms. The van der Waals surface area contributed by atoms with Gasteiger partial charge in [-0.3, -0.25) is 9.69 Å². The Hall–Kier alpha value is -0.850. The van der Waals surface area contributed by atoms with E-state index in [4.69, 9.17) is 4.74 Å². The highest BCUT2D eigenvalue weighted by atomic mass is 16.5. The average Bonchev–Trinajstić information content (AvgIpc) is 2.58. The predicted octanol–water partition coefficient (Wildman–Crippen LogP) is 0.0519. The summed E-state index contributed by atoms with van der Waals surface area (Å²) in [6, 6.07) is 0.832. The number of carbonyl (C=O) groups excluding carboxylic acids is 1. The van der Waals surface area contributed by atoms with Crippen molar-refractivity contribution in [1.82, 2.24) is 4.90 Å². The molecule has 0 saturated carbocycles. The van der Waals surface area contributed by atoms with E-state index in [0.29, 0.717) is 18.4 Å². The first-order valence-electron chi connectivity index (χ1n) is 4.70. The lowest BCUT2D eigenvalue weighted by molar-refractivity contribution is -0.103. The van der Waals surface area contributed by atoms with Gasteiger partial charge in [0.15, 0.2) is 6.29 Å². The van der Waals surface area contributed by atoms with Crippen LogP contribution in [0.5, 0.6) is 0 Å². The molecule has 70 valence electrons. The first kappa shape index (κ1) is 8.74. The highest BCUT2D eigenvalue weighted by Gasteiger charge is 2.34. The zero-order valence-corrected chi connectivity index (χ0v) is 7.53. The topological polar surface area (TPSA) is 29.5 Å². The molecule has 3 nitrogen and oxygen atoms in total. The molecule has 0 bridgehead atoms. The van der Waals surface area contributed by atoms with E-state index in [1.165, 1.54) is 0 Å². The Labute approximate surface area is 78.0 Å². The van der Waals surface area contributed by atoms with Crippen LogP contribution in [0.2, 0.25) is 0 Å². The summed E-state index contributed by atoms with van der Waals surface area (Å²) in [7, 11) is 0. The lowest BCUT2D eigenvalue weighted by atomic mass is 10.2. The van der Waals surface area contributed by atoms with Crippen molar-refractivity contribution in [2.45, 2.75) is 24.9 Å². The van der Waals surface area contributed by atoms with Gasteiger partial charge in [-0.1, -0.05) is 5.92 Å². The maximum Gasteiger partial charge on any atom is 0.192 e. The van der Waals surface area contributed by atoms with Crippen LogP contribution in [0.25, 0.3) is 0 Å². The molecule has 2 saturated heterocycles. The monoisotopic (exact) mass is 179 g/mol. The van der Waals surface area contributed by atoms with E-state index < -0.39 is 0 Å². The van der Waals surface area contributed by atoms with Crippen LogP contribution < -0.4 is 0 Å². The van der Waals surface area contributed by atoms with Crippen LogP contribution in [0.1, 0.15) is 12.8 Å². The summed E-state index contributed by atoms with van der Waals surface area (Å²) in [4.78, 5) is 12.5. The summed E-state index contributed by atoms with van der Waals surface area (Å²) in [5.41, 5.74) is 0. The molecule has 0 aromatic rings. The molecular formula is C10H13NO2. The Balaban J connectivity index is 2.02. The number of hydrogen-bond acceptors (Lipinski definition) is 3. The fourth-order valence-electron chi connectivity index (χ4n) is 2.13. The van der Waals surface area contributed by atoms with Crippen molar-refractivity contribution in [3.63, 3.8) is 0 Å². The minimum atomic E-state index is 0.291. The van der Waals surface area contributed by atoms with Gasteiger partial charge in [0, 0.05) is 12.6 Å². The van der Waals surface area contributed by atoms with Crippen molar-refractivity contribution in [1.29, 1.82) is 0 Å². The highest BCUT2D eigenvalue weighted by Crippen LogP contribution is 2.25. The standard InChI is InChI=1S/C10H13NO2/c12-6-1-2-9-3-4-10-8-13-7-5-11(9)10/h6,9-10H,3-5,7-8H2. The predicted molar refractivity (Wildman–Crippen MR) is 48.2 cm³/mol. The Bertz CT molecular complexity index is 253. The van der Waals surface area contributed by atoms with Crippen LogP contribution in [0.4, 0.5) is 0 Å². The first-order valence-corrected chi connectivity index (χ1v) is 4.70. The van der Waals surface area contributed by atoms with Gasteiger partial charge in [0.25, 0.3) is 0 Å². The van der Waals surface area contributed by atoms with Crippen molar-refractivity contribution < 1.29 is 9.53 Å². The average molecular weight is 179 g/mol. The van der Waals surface area contributed by atoms with Crippen LogP contribution >= 0.6 is 0 Å². The number of rotatable bonds is 0. The molecule has 2 heterocycles. The molecule has 2 atom stereocenters. The van der Waals surface area contributed by atoms with Crippen molar-refractivity contribution >= 4 is 6.29 Å². The van der Waals surface area contributed by atoms with Crippen molar-refractivity contribution in [3.8, 4) is 11.8 Å². The second kappa shape index (κ2) is 3.91. The van der Waals surface area contributed by atoms with Crippen LogP contribution in [-0.2, 0) is 9.53 Å². The van der Waals surface area contributed by atoms with E-state index in [0.717, 1.165) is 32.6 Å². The molecule has 2 unspecified atom stereocenters. The van der Waals surface area contributed by atoms with E-state index in [9.17, 15) is 4.79 Å². The molecule has 2 fully saturated rings. The third-order valence-electron chi connectivity index (χ3n) is 2.76. The van der Waals surface area contributed by atoms with Crippen molar-refractivity contribution in [2.75, 3.05) is 19.8 Å². The third kappa shape index (κ3) is 1.74. The molecule has 0 aromatic heterocycles. The zero-order valence-electron chi connectivity index (χ0n) is 7.53. The SMILES string of the molecule is O=CC#CC1CCC2COCCN12. The highest BCUT2D eigenvalue weighted by molar-refractivity contribution is 5.72. The van der Waals surface area contributed by atoms with Gasteiger partial charge in [-0.15, -0.1) is 0 Å². The van der Waals surface area contributed by atoms with Gasteiger partial charge in [0.1, 0.15) is 0 Å². The fourth-order valence-corrected chi connectivity index (χ4v) is 2.13. The van der Waals surface area contributed by atoms with Crippen molar-refractivity contribution in [2.24, 2.45) is 0 Å². The summed E-state index contributed by atoms with van der Waals surface area (Å²) >= 11 is 0. The molecule has 0 N–H and O–H groups in total. The quantitative estimate of drug-likeness (QED) is 0.389. The van der Waals surface area contributed by atoms with Gasteiger partial charge in [-0.05, 0) is 18.8 Å². The van der Waals surface area contributed by atoms with E-state index >= 15 is 0 Å². The fraction of sp³-hybridized carbons (Fsp3) is 0.700. The zero-order chi connectivity index (χ0) is 9.10. The van der Waals surface area contributed by atoms with Crippen LogP contribution in [0.15, 0.2) is 0 Å². The molecule has 3 heteroatoms. The largest absolute Gasteiger partial charge is 0.378 e. The second-order valence-corrected chi connectivity index (χ2v) is 3.47. The molecule has 2 aliphatic heterocycles. The lowest BCUT2D eigenvalue weighted by Gasteiger charge is -2.31. The number of fused-ring (bicyclic) bond motifs is 1. The van der Waals surface area contributed by atoms with Gasteiger partial charge >= 0.3 is 0 Å². The van der Waals surface area contributed by atoms with Gasteiger partial charge in [0.2, 0.25) is 0 Å². The molecule has 0 spiro atoms. The summed E-state index contributed by atoms with van der Waals surface area (Å²) in [5.74, 6) is 5.49. The molecule has 0 aliphatic carbocycles. The molecule has 2 aliphatic rings. The molecular weight excluding hydrogens is 166 g/mol. The molecule has 2 rings (SSSR count). The summed E-state index contributed by atoms with van der Waals surface area (Å²) in [5, 5.41) is 0. The Morgan fingerprint density at radius 3 is 3.23 bits per heavy atom. The number of morpholine rings is 1. The Morgan fingerprint density at radius 2 is 2.38 bits per heavy atom. The molecule has 0 amide bonds. The number of ether oxygens (including phenoxy) is 1. The van der Waals surface area contributed by atoms with E-state index in [1.54, 1.807) is 0 Å². The van der Waals surface area contributed by atoms with E-state index in [1.807, 2.05) is 0 Å². The third-order valence-corrected chi connectivity index (χ3v) is 2.76. The maximum atomic E-state index is 10.1. The Kier molecular flexibility index (Phi) is 2.62. The van der Waals surface area contributed by atoms with E-state index in [2.05, 4.69) is 16.7 Å². The smallest absolute Gasteiger partial charge is 0.192 e. The van der Waals surface area contributed by atoms with Gasteiger partial charge in [-0.25, -0.2) is 0 Å². The maximum absolute atomic E-state index is 10.1. The van der Waals surface area contributed by atoms with Crippen LogP contribution in [0, 0.1) is 11.8 Å². The van der Waals surface area contributed by atoms with E-state index in [-0.39, 0.29) is 0 Å². The number of carbonyl (C=O) groups is 1.